The van der Waals surface area contributed by atoms with Crippen molar-refractivity contribution < 1.29 is 16.1 Å². The molecule has 6 nitrogen and oxygen atoms in total. The number of carbonyl (C=O) groups is 2. The van der Waals surface area contributed by atoms with Gasteiger partial charge in [-0.2, -0.15) is 0 Å². The molecule has 2 N–H and O–H groups in total. The van der Waals surface area contributed by atoms with Gasteiger partial charge in [0.1, 0.15) is 18.3 Å². The zero-order valence-corrected chi connectivity index (χ0v) is 21.1. The van der Waals surface area contributed by atoms with Crippen LogP contribution in [0.15, 0.2) is 66.0 Å². The quantitative estimate of drug-likeness (QED) is 0.252. The Hall–Kier alpha value is -3.97. The lowest BCUT2D eigenvalue weighted by Crippen LogP contribution is -2.05. The first-order valence-corrected chi connectivity index (χ1v) is 12.3. The van der Waals surface area contributed by atoms with Crippen LogP contribution in [0.5, 0.6) is 5.75 Å². The summed E-state index contributed by atoms with van der Waals surface area (Å²) in [5, 5.41) is 16.5. The maximum absolute atomic E-state index is 11.2. The summed E-state index contributed by atoms with van der Waals surface area (Å²) in [7, 11) is 0. The number of hydrogen-bond donors (Lipinski definition) is 2. The molecule has 5 aromatic rings. The summed E-state index contributed by atoms with van der Waals surface area (Å²) in [6, 6.07) is 19.1. The van der Waals surface area contributed by atoms with Gasteiger partial charge in [-0.1, -0.05) is 31.5 Å². The molecule has 2 aromatic heterocycles. The summed E-state index contributed by atoms with van der Waals surface area (Å²) in [4.78, 5) is 24.8. The number of phenolic OH excluding ortho intramolecular Hbond substituents is 1. The van der Waals surface area contributed by atoms with Gasteiger partial charge in [-0.15, -0.1) is 11.3 Å². The fourth-order valence-corrected chi connectivity index (χ4v) is 4.54. The van der Waals surface area contributed by atoms with E-state index in [9.17, 15) is 9.90 Å². The minimum absolute atomic E-state index is 0. The standard InChI is InChI=1S/C24H19N3O2S.C2H4O.C2H6.H2/c1-15-2-5-18(6-3-15)25-24-26-21-10-16(13-28)4-8-22(21)27(24)12-17-14-30-23-9-7-19(29)11-20(17)23;1-2-3;1-2;/h2-11,13-14,29H,12H2,1H3,(H,25,26);2H,1H3;1-2H3;1H. The number of benzene rings is 3. The Morgan fingerprint density at radius 2 is 1.77 bits per heavy atom. The van der Waals surface area contributed by atoms with Gasteiger partial charge in [-0.05, 0) is 73.3 Å². The normalized spacial score (nSPS) is 10.2. The number of aldehydes is 2. The Morgan fingerprint density at radius 1 is 1.06 bits per heavy atom. The van der Waals surface area contributed by atoms with Gasteiger partial charge in [0.05, 0.1) is 17.6 Å². The van der Waals surface area contributed by atoms with E-state index in [1.807, 2.05) is 38.1 Å². The summed E-state index contributed by atoms with van der Waals surface area (Å²) in [6.45, 7) is 8.09. The predicted octanol–water partition coefficient (Wildman–Crippen LogP) is 7.35. The second-order valence-corrected chi connectivity index (χ2v) is 8.47. The van der Waals surface area contributed by atoms with Crippen LogP contribution in [0, 0.1) is 6.92 Å². The molecule has 7 heteroatoms. The average Bonchev–Trinajstić information content (AvgIpc) is 3.42. The largest absolute Gasteiger partial charge is 0.508 e. The number of fused-ring (bicyclic) bond motifs is 2. The number of imidazole rings is 1. The van der Waals surface area contributed by atoms with Gasteiger partial charge in [0.2, 0.25) is 5.95 Å². The second-order valence-electron chi connectivity index (χ2n) is 7.56. The number of thiophene rings is 1. The molecule has 0 spiro atoms. The molecule has 35 heavy (non-hydrogen) atoms. The maximum Gasteiger partial charge on any atom is 0.208 e. The van der Waals surface area contributed by atoms with E-state index in [0.29, 0.717) is 18.1 Å². The van der Waals surface area contributed by atoms with Crippen LogP contribution in [-0.2, 0) is 11.3 Å². The van der Waals surface area contributed by atoms with Crippen molar-refractivity contribution in [3.63, 3.8) is 0 Å². The van der Waals surface area contributed by atoms with E-state index in [1.165, 1.54) is 12.5 Å². The molecule has 0 fully saturated rings. The van der Waals surface area contributed by atoms with Gasteiger partial charge in [-0.25, -0.2) is 4.98 Å². The number of aromatic hydroxyl groups is 1. The van der Waals surface area contributed by atoms with Crippen LogP contribution in [0.3, 0.4) is 0 Å². The van der Waals surface area contributed by atoms with Gasteiger partial charge in [0.15, 0.2) is 0 Å². The fraction of sp³-hybridized carbons (Fsp3) is 0.179. The van der Waals surface area contributed by atoms with Gasteiger partial charge in [0.25, 0.3) is 0 Å². The minimum atomic E-state index is 0. The van der Waals surface area contributed by atoms with Crippen molar-refractivity contribution in [3.05, 3.63) is 82.7 Å². The lowest BCUT2D eigenvalue weighted by molar-refractivity contribution is -0.106. The highest BCUT2D eigenvalue weighted by Crippen LogP contribution is 2.32. The topological polar surface area (TPSA) is 84.2 Å². The molecule has 0 saturated carbocycles. The van der Waals surface area contributed by atoms with Gasteiger partial charge in [0, 0.05) is 22.8 Å². The van der Waals surface area contributed by atoms with Crippen LogP contribution in [0.1, 0.15) is 43.7 Å². The van der Waals surface area contributed by atoms with Crippen molar-refractivity contribution in [2.75, 3.05) is 5.32 Å². The Labute approximate surface area is 210 Å². The van der Waals surface area contributed by atoms with Crippen molar-refractivity contribution in [1.82, 2.24) is 9.55 Å². The Kier molecular flexibility index (Phi) is 8.75. The lowest BCUT2D eigenvalue weighted by atomic mass is 10.1. The Balaban J connectivity index is 0.000000710. The van der Waals surface area contributed by atoms with Gasteiger partial charge in [-0.3, -0.25) is 4.79 Å². The summed E-state index contributed by atoms with van der Waals surface area (Å²) in [5.41, 5.74) is 5.54. The highest BCUT2D eigenvalue weighted by Gasteiger charge is 2.14. The third kappa shape index (κ3) is 5.94. The van der Waals surface area contributed by atoms with Crippen LogP contribution in [0.25, 0.3) is 21.1 Å². The van der Waals surface area contributed by atoms with Crippen molar-refractivity contribution in [2.24, 2.45) is 0 Å². The molecule has 5 rings (SSSR count). The molecule has 0 radical (unpaired) electrons. The van der Waals surface area contributed by atoms with Crippen molar-refractivity contribution >= 4 is 56.7 Å². The molecule has 0 amide bonds. The first kappa shape index (κ1) is 25.6. The first-order chi connectivity index (χ1) is 17.0. The molecular formula is C28H31N3O3S. The maximum atomic E-state index is 11.2. The van der Waals surface area contributed by atoms with Crippen LogP contribution >= 0.6 is 11.3 Å². The molecule has 0 aliphatic carbocycles. The number of aromatic nitrogens is 2. The van der Waals surface area contributed by atoms with E-state index in [1.54, 1.807) is 35.6 Å². The van der Waals surface area contributed by atoms with E-state index in [4.69, 9.17) is 9.78 Å². The first-order valence-electron chi connectivity index (χ1n) is 11.4. The number of phenols is 1. The van der Waals surface area contributed by atoms with E-state index < -0.39 is 0 Å². The molecule has 3 aromatic carbocycles. The van der Waals surface area contributed by atoms with Crippen LogP contribution < -0.4 is 5.32 Å². The molecule has 2 heterocycles. The van der Waals surface area contributed by atoms with Crippen molar-refractivity contribution in [3.8, 4) is 5.75 Å². The molecule has 0 unspecified atom stereocenters. The van der Waals surface area contributed by atoms with E-state index in [2.05, 4.69) is 34.3 Å². The smallest absolute Gasteiger partial charge is 0.208 e. The summed E-state index contributed by atoms with van der Waals surface area (Å²) in [5.74, 6) is 0.961. The SMILES string of the molecule is CC.CC=O.Cc1ccc(Nc2nc3cc(C=O)ccc3n2Cc2csc3ccc(O)cc23)cc1.[HH]. The summed E-state index contributed by atoms with van der Waals surface area (Å²) >= 11 is 1.66. The zero-order chi connectivity index (χ0) is 25.4. The van der Waals surface area contributed by atoms with Crippen molar-refractivity contribution in [2.45, 2.75) is 34.2 Å². The second kappa shape index (κ2) is 11.9. The number of rotatable bonds is 5. The zero-order valence-electron chi connectivity index (χ0n) is 20.3. The number of hydrogen-bond acceptors (Lipinski definition) is 6. The minimum Gasteiger partial charge on any atom is -0.508 e. The third-order valence-corrected chi connectivity index (χ3v) is 6.19. The molecule has 0 atom stereocenters. The number of nitrogens with one attached hydrogen (secondary N) is 1. The van der Waals surface area contributed by atoms with Crippen LogP contribution in [0.4, 0.5) is 11.6 Å². The average molecular weight is 490 g/mol. The highest BCUT2D eigenvalue weighted by molar-refractivity contribution is 7.17. The third-order valence-electron chi connectivity index (χ3n) is 5.18. The predicted molar refractivity (Wildman–Crippen MR) is 147 cm³/mol. The van der Waals surface area contributed by atoms with E-state index >= 15 is 0 Å². The molecule has 0 bridgehead atoms. The number of nitrogens with zero attached hydrogens (tertiary/aromatic N) is 2. The molecule has 182 valence electrons. The van der Waals surface area contributed by atoms with E-state index in [-0.39, 0.29) is 7.18 Å². The van der Waals surface area contributed by atoms with Crippen molar-refractivity contribution in [1.29, 1.82) is 0 Å². The number of anilines is 2. The van der Waals surface area contributed by atoms with Gasteiger partial charge < -0.3 is 19.8 Å². The Bertz CT molecular complexity index is 1440. The molecule has 0 aliphatic heterocycles. The summed E-state index contributed by atoms with van der Waals surface area (Å²) < 4.78 is 3.23. The lowest BCUT2D eigenvalue weighted by Gasteiger charge is -2.11. The number of carbonyl (C=O) groups excluding carboxylic acids is 2. The van der Waals surface area contributed by atoms with E-state index in [0.717, 1.165) is 44.9 Å². The molecule has 0 aliphatic rings. The fourth-order valence-electron chi connectivity index (χ4n) is 3.60. The monoisotopic (exact) mass is 489 g/mol. The molecular weight excluding hydrogens is 458 g/mol. The highest BCUT2D eigenvalue weighted by atomic mass is 32.1. The summed E-state index contributed by atoms with van der Waals surface area (Å²) in [6.07, 6.45) is 1.58. The Morgan fingerprint density at radius 3 is 2.46 bits per heavy atom. The van der Waals surface area contributed by atoms with Crippen LogP contribution in [0.2, 0.25) is 0 Å². The molecule has 0 saturated heterocycles. The van der Waals surface area contributed by atoms with Crippen LogP contribution in [-0.4, -0.2) is 27.2 Å². The number of aryl methyl sites for hydroxylation is 1. The van der Waals surface area contributed by atoms with Gasteiger partial charge >= 0.3 is 0 Å².